The Morgan fingerprint density at radius 2 is 1.74 bits per heavy atom. The van der Waals surface area contributed by atoms with Crippen molar-refractivity contribution >= 4 is 39.1 Å². The number of nitrogens with one attached hydrogen (secondary N) is 2. The van der Waals surface area contributed by atoms with Crippen molar-refractivity contribution < 1.29 is 41.0 Å². The van der Waals surface area contributed by atoms with Crippen molar-refractivity contribution in [2.45, 2.75) is 56.4 Å². The number of carbonyl (C=O) groups is 2. The van der Waals surface area contributed by atoms with Crippen molar-refractivity contribution in [1.29, 1.82) is 0 Å². The van der Waals surface area contributed by atoms with Gasteiger partial charge in [0, 0.05) is 6.54 Å². The third-order valence-corrected chi connectivity index (χ3v) is 5.91. The highest BCUT2D eigenvalue weighted by molar-refractivity contribution is 7.91. The van der Waals surface area contributed by atoms with E-state index < -0.39 is 39.2 Å². The fraction of sp³-hybridized carbons (Fsp3) is 0.556. The van der Waals surface area contributed by atoms with Gasteiger partial charge in [-0.05, 0) is 52.3 Å². The maximum atomic E-state index is 12.7. The van der Waals surface area contributed by atoms with Crippen LogP contribution >= 0.6 is 11.6 Å². The minimum Gasteiger partial charge on any atom is -0.444 e. The summed E-state index contributed by atoms with van der Waals surface area (Å²) in [5.74, 6) is -2.13. The van der Waals surface area contributed by atoms with E-state index in [4.69, 9.17) is 16.3 Å². The van der Waals surface area contributed by atoms with Gasteiger partial charge in [0.05, 0.1) is 21.4 Å². The monoisotopic (exact) mass is 488 g/mol. The number of sulfone groups is 1. The zero-order valence-electron chi connectivity index (χ0n) is 17.3. The smallest absolute Gasteiger partial charge is 0.426 e. The highest BCUT2D eigenvalue weighted by Gasteiger charge is 2.55. The Kier molecular flexibility index (Phi) is 8.37. The van der Waals surface area contributed by atoms with Crippen LogP contribution in [-0.2, 0) is 19.4 Å². The van der Waals surface area contributed by atoms with Crippen LogP contribution in [0.3, 0.4) is 0 Å². The summed E-state index contributed by atoms with van der Waals surface area (Å²) in [7, 11) is -3.83. The third kappa shape index (κ3) is 7.86. The zero-order valence-corrected chi connectivity index (χ0v) is 18.8. The van der Waals surface area contributed by atoms with Gasteiger partial charge in [0.2, 0.25) is 5.60 Å². The van der Waals surface area contributed by atoms with Gasteiger partial charge in [-0.3, -0.25) is 4.79 Å². The minimum atomic E-state index is -5.22. The lowest BCUT2D eigenvalue weighted by Gasteiger charge is -2.25. The Hall–Kier alpha value is -2.05. The van der Waals surface area contributed by atoms with Crippen molar-refractivity contribution in [3.63, 3.8) is 0 Å². The molecule has 0 saturated carbocycles. The molecule has 1 aromatic carbocycles. The number of amides is 2. The van der Waals surface area contributed by atoms with Crippen LogP contribution in [0.25, 0.3) is 0 Å². The first kappa shape index (κ1) is 27.0. The molecule has 176 valence electrons. The van der Waals surface area contributed by atoms with E-state index in [0.29, 0.717) is 0 Å². The maximum Gasteiger partial charge on any atom is 0.426 e. The van der Waals surface area contributed by atoms with Crippen molar-refractivity contribution in [2.24, 2.45) is 0 Å². The molecule has 0 saturated heterocycles. The summed E-state index contributed by atoms with van der Waals surface area (Å²) in [6, 6.07) is 3.04. The number of alkyl carbamates (subject to hydrolysis) is 1. The molecular formula is C18H24ClF3N2O6S. The predicted molar refractivity (Wildman–Crippen MR) is 108 cm³/mol. The van der Waals surface area contributed by atoms with Crippen LogP contribution in [0.1, 0.15) is 34.1 Å². The Bertz CT molecular complexity index is 927. The summed E-state index contributed by atoms with van der Waals surface area (Å²) in [6.07, 6.45) is -5.85. The van der Waals surface area contributed by atoms with Gasteiger partial charge in [-0.15, -0.1) is 0 Å². The molecule has 0 aliphatic carbocycles. The normalized spacial score (nSPS) is 14.5. The second-order valence-electron chi connectivity index (χ2n) is 7.77. The fourth-order valence-corrected chi connectivity index (χ4v) is 3.67. The number of halogens is 4. The lowest BCUT2D eigenvalue weighted by atomic mass is 10.1. The van der Waals surface area contributed by atoms with E-state index >= 15 is 0 Å². The number of alkyl halides is 3. The van der Waals surface area contributed by atoms with E-state index in [1.165, 1.54) is 0 Å². The molecule has 1 unspecified atom stereocenters. The molecule has 1 aromatic rings. The Morgan fingerprint density at radius 1 is 1.16 bits per heavy atom. The minimum absolute atomic E-state index is 0.0303. The van der Waals surface area contributed by atoms with Gasteiger partial charge in [-0.1, -0.05) is 11.6 Å². The van der Waals surface area contributed by atoms with E-state index in [1.807, 2.05) is 5.32 Å². The Morgan fingerprint density at radius 3 is 2.23 bits per heavy atom. The Balaban J connectivity index is 2.77. The second kappa shape index (κ2) is 9.61. The van der Waals surface area contributed by atoms with Crippen molar-refractivity contribution in [3.8, 4) is 0 Å². The first-order chi connectivity index (χ1) is 13.9. The van der Waals surface area contributed by atoms with E-state index in [-0.39, 0.29) is 41.2 Å². The van der Waals surface area contributed by atoms with E-state index in [0.717, 1.165) is 18.2 Å². The molecule has 0 bridgehead atoms. The number of hydrogen-bond donors (Lipinski definition) is 3. The molecule has 0 radical (unpaired) electrons. The van der Waals surface area contributed by atoms with E-state index in [1.54, 1.807) is 20.8 Å². The molecule has 0 aliphatic rings. The molecular weight excluding hydrogens is 465 g/mol. The largest absolute Gasteiger partial charge is 0.444 e. The van der Waals surface area contributed by atoms with Crippen LogP contribution < -0.4 is 10.6 Å². The second-order valence-corrected chi connectivity index (χ2v) is 10.3. The molecule has 1 rings (SSSR count). The van der Waals surface area contributed by atoms with Gasteiger partial charge in [-0.2, -0.15) is 13.2 Å². The van der Waals surface area contributed by atoms with Crippen molar-refractivity contribution in [3.05, 3.63) is 23.2 Å². The summed E-state index contributed by atoms with van der Waals surface area (Å²) in [4.78, 5) is 23.0. The molecule has 3 N–H and O–H groups in total. The van der Waals surface area contributed by atoms with Crippen LogP contribution in [0.2, 0.25) is 5.02 Å². The van der Waals surface area contributed by atoms with Crippen LogP contribution in [0.15, 0.2) is 23.1 Å². The number of rotatable bonds is 7. The highest BCUT2D eigenvalue weighted by atomic mass is 35.5. The SMILES string of the molecule is CC(C)(C)OC(=O)NCCCS(=O)(=O)c1ccc(NC(=O)C(C)(O)C(F)(F)F)c(Cl)c1. The molecule has 8 nitrogen and oxygen atoms in total. The van der Waals surface area contributed by atoms with Gasteiger partial charge < -0.3 is 20.5 Å². The number of benzene rings is 1. The molecule has 0 aromatic heterocycles. The molecule has 13 heteroatoms. The maximum absolute atomic E-state index is 12.7. The van der Waals surface area contributed by atoms with Gasteiger partial charge in [0.25, 0.3) is 5.91 Å². The zero-order chi connectivity index (χ0) is 24.3. The fourth-order valence-electron chi connectivity index (χ4n) is 2.05. The lowest BCUT2D eigenvalue weighted by Crippen LogP contribution is -2.52. The predicted octanol–water partition coefficient (Wildman–Crippen LogP) is 3.28. The molecule has 2 amide bonds. The van der Waals surface area contributed by atoms with Gasteiger partial charge in [-0.25, -0.2) is 13.2 Å². The summed E-state index contributed by atoms with van der Waals surface area (Å²) in [6.45, 7) is 5.34. The van der Waals surface area contributed by atoms with Crippen LogP contribution in [-0.4, -0.2) is 55.2 Å². The highest BCUT2D eigenvalue weighted by Crippen LogP contribution is 2.32. The third-order valence-electron chi connectivity index (χ3n) is 3.80. The molecule has 0 heterocycles. The quantitative estimate of drug-likeness (QED) is 0.506. The number of aliphatic hydroxyl groups is 1. The molecule has 0 aliphatic heterocycles. The first-order valence-electron chi connectivity index (χ1n) is 8.96. The van der Waals surface area contributed by atoms with Gasteiger partial charge in [0.15, 0.2) is 9.84 Å². The number of hydrogen-bond acceptors (Lipinski definition) is 6. The van der Waals surface area contributed by atoms with E-state index in [2.05, 4.69) is 5.32 Å². The van der Waals surface area contributed by atoms with Gasteiger partial charge >= 0.3 is 12.3 Å². The number of anilines is 1. The number of carbonyl (C=O) groups excluding carboxylic acids is 2. The standard InChI is InChI=1S/C18H24ClF3N2O6S/c1-16(2,3)30-15(26)23-8-5-9-31(28,29)11-6-7-13(12(19)10-11)24-14(25)17(4,27)18(20,21)22/h6-7,10,27H,5,8-9H2,1-4H3,(H,23,26)(H,24,25). The molecule has 31 heavy (non-hydrogen) atoms. The van der Waals surface area contributed by atoms with Crippen LogP contribution in [0, 0.1) is 0 Å². The lowest BCUT2D eigenvalue weighted by molar-refractivity contribution is -0.242. The van der Waals surface area contributed by atoms with E-state index in [9.17, 15) is 36.3 Å². The Labute approximate surface area is 183 Å². The summed E-state index contributed by atoms with van der Waals surface area (Å²) in [5, 5.41) is 13.3. The molecule has 0 spiro atoms. The van der Waals surface area contributed by atoms with Crippen molar-refractivity contribution in [1.82, 2.24) is 5.32 Å². The number of ether oxygens (including phenoxy) is 1. The average Bonchev–Trinajstić information content (AvgIpc) is 2.57. The topological polar surface area (TPSA) is 122 Å². The average molecular weight is 489 g/mol. The van der Waals surface area contributed by atoms with Crippen LogP contribution in [0.4, 0.5) is 23.7 Å². The summed E-state index contributed by atoms with van der Waals surface area (Å²) in [5.41, 5.74) is -4.67. The van der Waals surface area contributed by atoms with Crippen LogP contribution in [0.5, 0.6) is 0 Å². The first-order valence-corrected chi connectivity index (χ1v) is 11.0. The molecule has 1 atom stereocenters. The summed E-state index contributed by atoms with van der Waals surface area (Å²) < 4.78 is 68.0. The van der Waals surface area contributed by atoms with Crippen molar-refractivity contribution in [2.75, 3.05) is 17.6 Å². The van der Waals surface area contributed by atoms with Gasteiger partial charge in [0.1, 0.15) is 5.60 Å². The molecule has 0 fully saturated rings. The summed E-state index contributed by atoms with van der Waals surface area (Å²) >= 11 is 5.89.